The smallest absolute Gasteiger partial charge is 0.216 e. The molecule has 3 aromatic rings. The predicted octanol–water partition coefficient (Wildman–Crippen LogP) is 5.03. The molecular formula is C18H15ClN4S. The van der Waals surface area contributed by atoms with Crippen LogP contribution >= 0.6 is 23.8 Å². The molecular weight excluding hydrogens is 340 g/mol. The molecule has 0 atom stereocenters. The topological polar surface area (TPSA) is 46.0 Å². The van der Waals surface area contributed by atoms with Crippen LogP contribution in [0.2, 0.25) is 0 Å². The molecule has 24 heavy (non-hydrogen) atoms. The lowest BCUT2D eigenvalue weighted by atomic mass is 10.1. The van der Waals surface area contributed by atoms with Crippen LogP contribution in [-0.2, 0) is 0 Å². The van der Waals surface area contributed by atoms with Crippen molar-refractivity contribution in [2.24, 2.45) is 5.10 Å². The molecule has 0 fully saturated rings. The predicted molar refractivity (Wildman–Crippen MR) is 102 cm³/mol. The van der Waals surface area contributed by atoms with Gasteiger partial charge < -0.3 is 0 Å². The Morgan fingerprint density at radius 1 is 1.21 bits per heavy atom. The van der Waals surface area contributed by atoms with Crippen LogP contribution in [0, 0.1) is 11.7 Å². The van der Waals surface area contributed by atoms with Crippen LogP contribution in [0.1, 0.15) is 11.1 Å². The Hall–Kier alpha value is -2.50. The molecule has 6 heteroatoms. The van der Waals surface area contributed by atoms with E-state index in [4.69, 9.17) is 23.8 Å². The fraction of sp³-hybridized carbons (Fsp3) is 0.0556. The van der Waals surface area contributed by atoms with E-state index in [2.05, 4.69) is 15.3 Å². The lowest BCUT2D eigenvalue weighted by Crippen LogP contribution is -1.94. The molecule has 0 saturated heterocycles. The number of nitrogens with zero attached hydrogens (tertiary/aromatic N) is 3. The third-order valence-corrected chi connectivity index (χ3v) is 3.80. The summed E-state index contributed by atoms with van der Waals surface area (Å²) < 4.78 is 1.97. The van der Waals surface area contributed by atoms with Gasteiger partial charge in [-0.3, -0.25) is 0 Å². The molecule has 1 aromatic heterocycles. The Morgan fingerprint density at radius 2 is 2.00 bits per heavy atom. The van der Waals surface area contributed by atoms with Crippen LogP contribution in [0.3, 0.4) is 0 Å². The summed E-state index contributed by atoms with van der Waals surface area (Å²) in [5.74, 6) is 0.643. The Morgan fingerprint density at radius 3 is 2.75 bits per heavy atom. The lowest BCUT2D eigenvalue weighted by Gasteiger charge is -2.02. The number of aromatic nitrogens is 3. The number of aromatic amines is 1. The van der Waals surface area contributed by atoms with Gasteiger partial charge in [0.25, 0.3) is 0 Å². The summed E-state index contributed by atoms with van der Waals surface area (Å²) in [6.07, 6.45) is 3.39. The Balaban J connectivity index is 1.92. The molecule has 3 rings (SSSR count). The SMILES string of the molecule is Cc1cccc(-c2n[nH]c(=S)n2/N=C\C(Cl)=C\c2ccccc2)c1. The maximum Gasteiger partial charge on any atom is 0.216 e. The molecule has 1 heterocycles. The van der Waals surface area contributed by atoms with Crippen LogP contribution in [0.15, 0.2) is 64.7 Å². The first-order chi connectivity index (χ1) is 11.6. The number of aryl methyl sites for hydroxylation is 1. The summed E-state index contributed by atoms with van der Waals surface area (Å²) in [6.45, 7) is 2.03. The molecule has 0 aliphatic heterocycles. The highest BCUT2D eigenvalue weighted by Crippen LogP contribution is 2.18. The first kappa shape index (κ1) is 16.4. The molecule has 4 nitrogen and oxygen atoms in total. The van der Waals surface area contributed by atoms with Crippen LogP contribution in [0.5, 0.6) is 0 Å². The van der Waals surface area contributed by atoms with E-state index in [1.54, 1.807) is 10.9 Å². The van der Waals surface area contributed by atoms with E-state index in [1.165, 1.54) is 0 Å². The van der Waals surface area contributed by atoms with Gasteiger partial charge in [0.15, 0.2) is 5.82 Å². The van der Waals surface area contributed by atoms with Crippen molar-refractivity contribution in [3.63, 3.8) is 0 Å². The van der Waals surface area contributed by atoms with Crippen molar-refractivity contribution in [2.45, 2.75) is 6.92 Å². The van der Waals surface area contributed by atoms with E-state index in [-0.39, 0.29) is 0 Å². The van der Waals surface area contributed by atoms with Gasteiger partial charge >= 0.3 is 0 Å². The zero-order valence-corrected chi connectivity index (χ0v) is 14.6. The van der Waals surface area contributed by atoms with Gasteiger partial charge in [0.1, 0.15) is 0 Å². The van der Waals surface area contributed by atoms with Gasteiger partial charge in [0.2, 0.25) is 4.77 Å². The number of rotatable bonds is 4. The maximum absolute atomic E-state index is 6.24. The van der Waals surface area contributed by atoms with E-state index in [0.717, 1.165) is 16.7 Å². The average molecular weight is 355 g/mol. The molecule has 0 radical (unpaired) electrons. The first-order valence-corrected chi connectivity index (χ1v) is 8.13. The van der Waals surface area contributed by atoms with Crippen molar-refractivity contribution in [1.82, 2.24) is 14.9 Å². The quantitative estimate of drug-likeness (QED) is 0.527. The number of allylic oxidation sites excluding steroid dienone is 1. The van der Waals surface area contributed by atoms with Gasteiger partial charge in [-0.25, -0.2) is 5.10 Å². The number of hydrogen-bond donors (Lipinski definition) is 1. The molecule has 1 N–H and O–H groups in total. The molecule has 0 aliphatic carbocycles. The van der Waals surface area contributed by atoms with Crippen LogP contribution in [0.4, 0.5) is 0 Å². The number of halogens is 1. The average Bonchev–Trinajstić information content (AvgIpc) is 2.95. The van der Waals surface area contributed by atoms with Crippen LogP contribution in [-0.4, -0.2) is 21.1 Å². The third-order valence-electron chi connectivity index (χ3n) is 3.33. The highest BCUT2D eigenvalue weighted by molar-refractivity contribution is 7.71. The van der Waals surface area contributed by atoms with Gasteiger partial charge in [0, 0.05) is 5.56 Å². The van der Waals surface area contributed by atoms with E-state index >= 15 is 0 Å². The van der Waals surface area contributed by atoms with E-state index in [1.807, 2.05) is 67.6 Å². The molecule has 2 aromatic carbocycles. The minimum absolute atomic E-state index is 0.409. The Bertz CT molecular complexity index is 954. The second kappa shape index (κ2) is 7.38. The fourth-order valence-corrected chi connectivity index (χ4v) is 2.58. The first-order valence-electron chi connectivity index (χ1n) is 7.34. The monoisotopic (exact) mass is 354 g/mol. The normalized spacial score (nSPS) is 12.0. The summed E-state index contributed by atoms with van der Waals surface area (Å²) >= 11 is 11.5. The van der Waals surface area contributed by atoms with E-state index in [9.17, 15) is 0 Å². The second-order valence-corrected chi connectivity index (χ2v) is 6.04. The molecule has 0 unspecified atom stereocenters. The molecule has 0 amide bonds. The van der Waals surface area contributed by atoms with E-state index in [0.29, 0.717) is 15.6 Å². The van der Waals surface area contributed by atoms with Crippen molar-refractivity contribution < 1.29 is 0 Å². The largest absolute Gasteiger partial charge is 0.250 e. The fourth-order valence-electron chi connectivity index (χ4n) is 2.23. The standard InChI is InChI=1S/C18H15ClN4S/c1-13-6-5-9-15(10-13)17-21-22-18(24)23(17)20-12-16(19)11-14-7-3-2-4-8-14/h2-12H,1H3,(H,22,24)/b16-11-,20-12-. The van der Waals surface area contributed by atoms with Gasteiger partial charge in [-0.05, 0) is 36.8 Å². The summed E-state index contributed by atoms with van der Waals surface area (Å²) in [7, 11) is 0. The second-order valence-electron chi connectivity index (χ2n) is 5.22. The molecule has 0 aliphatic rings. The number of benzene rings is 2. The van der Waals surface area contributed by atoms with Gasteiger partial charge in [-0.15, -0.1) is 0 Å². The van der Waals surface area contributed by atoms with Gasteiger partial charge in [-0.2, -0.15) is 14.9 Å². The molecule has 0 saturated carbocycles. The zero-order chi connectivity index (χ0) is 16.9. The Kier molecular flexibility index (Phi) is 5.03. The highest BCUT2D eigenvalue weighted by Gasteiger charge is 2.08. The number of hydrogen-bond acceptors (Lipinski definition) is 3. The summed E-state index contributed by atoms with van der Waals surface area (Å²) in [5, 5.41) is 11.9. The van der Waals surface area contributed by atoms with Crippen LogP contribution in [0.25, 0.3) is 17.5 Å². The van der Waals surface area contributed by atoms with Crippen molar-refractivity contribution >= 4 is 36.1 Å². The van der Waals surface area contributed by atoms with Crippen molar-refractivity contribution in [3.8, 4) is 11.4 Å². The summed E-state index contributed by atoms with van der Waals surface area (Å²) in [4.78, 5) is 0. The van der Waals surface area contributed by atoms with Crippen molar-refractivity contribution in [3.05, 3.63) is 75.5 Å². The number of nitrogens with one attached hydrogen (secondary N) is 1. The Labute approximate surface area is 150 Å². The molecule has 120 valence electrons. The number of H-pyrrole nitrogens is 1. The van der Waals surface area contributed by atoms with E-state index < -0.39 is 0 Å². The summed E-state index contributed by atoms with van der Waals surface area (Å²) in [5.41, 5.74) is 3.07. The van der Waals surface area contributed by atoms with Crippen molar-refractivity contribution in [2.75, 3.05) is 0 Å². The van der Waals surface area contributed by atoms with Gasteiger partial charge in [-0.1, -0.05) is 65.7 Å². The highest BCUT2D eigenvalue weighted by atomic mass is 35.5. The van der Waals surface area contributed by atoms with Crippen molar-refractivity contribution in [1.29, 1.82) is 0 Å². The minimum Gasteiger partial charge on any atom is -0.250 e. The minimum atomic E-state index is 0.409. The van der Waals surface area contributed by atoms with Gasteiger partial charge in [0.05, 0.1) is 11.2 Å². The maximum atomic E-state index is 6.24. The molecule has 0 spiro atoms. The van der Waals surface area contributed by atoms with Crippen LogP contribution < -0.4 is 0 Å². The lowest BCUT2D eigenvalue weighted by molar-refractivity contribution is 0.872. The zero-order valence-electron chi connectivity index (χ0n) is 13.0. The summed E-state index contributed by atoms with van der Waals surface area (Å²) in [6, 6.07) is 17.8. The molecule has 0 bridgehead atoms. The third kappa shape index (κ3) is 3.88.